The van der Waals surface area contributed by atoms with Gasteiger partial charge >= 0.3 is 0 Å². The molecule has 3 aromatic rings. The van der Waals surface area contributed by atoms with Crippen LogP contribution in [0.2, 0.25) is 0 Å². The van der Waals surface area contributed by atoms with Crippen LogP contribution in [0.5, 0.6) is 11.5 Å². The predicted octanol–water partition coefficient (Wildman–Crippen LogP) is 2.30. The largest absolute Gasteiger partial charge is 0.493 e. The third-order valence-electron chi connectivity index (χ3n) is 3.18. The fourth-order valence-corrected chi connectivity index (χ4v) is 2.69. The van der Waals surface area contributed by atoms with Gasteiger partial charge in [0.2, 0.25) is 5.82 Å². The Kier molecular flexibility index (Phi) is 4.33. The third kappa shape index (κ3) is 3.21. The molecule has 0 amide bonds. The number of ether oxygens (including phenoxy) is 2. The molecule has 0 aliphatic carbocycles. The van der Waals surface area contributed by atoms with Gasteiger partial charge in [-0.25, -0.2) is 0 Å². The van der Waals surface area contributed by atoms with E-state index in [1.807, 2.05) is 17.5 Å². The number of hydrogen-bond acceptors (Lipinski definition) is 7. The number of aromatic nitrogens is 4. The number of carbonyl (C=O) groups excluding carboxylic acids is 1. The Balaban J connectivity index is 1.77. The summed E-state index contributed by atoms with van der Waals surface area (Å²) in [4.78, 5) is 14.6. The fourth-order valence-electron chi connectivity index (χ4n) is 2.04. The smallest absolute Gasteiger partial charge is 0.214 e. The average molecular weight is 330 g/mol. The Hall–Kier alpha value is -2.74. The van der Waals surface area contributed by atoms with E-state index in [1.54, 1.807) is 25.3 Å². The van der Waals surface area contributed by atoms with E-state index in [9.17, 15) is 4.79 Å². The molecule has 0 bridgehead atoms. The molecule has 23 heavy (non-hydrogen) atoms. The summed E-state index contributed by atoms with van der Waals surface area (Å²) in [5.41, 5.74) is 0.498. The average Bonchev–Trinajstić information content (AvgIpc) is 3.25. The number of Topliss-reactive ketones (excluding diaryl/α,β-unsaturated/α-hetero) is 1. The number of benzene rings is 1. The summed E-state index contributed by atoms with van der Waals surface area (Å²) in [6.45, 7) is 0.00780. The van der Waals surface area contributed by atoms with E-state index >= 15 is 0 Å². The van der Waals surface area contributed by atoms with Gasteiger partial charge in [-0.3, -0.25) is 4.79 Å². The summed E-state index contributed by atoms with van der Waals surface area (Å²) in [5, 5.41) is 14.0. The minimum atomic E-state index is -0.138. The van der Waals surface area contributed by atoms with Crippen molar-refractivity contribution in [2.24, 2.45) is 0 Å². The summed E-state index contributed by atoms with van der Waals surface area (Å²) >= 11 is 1.52. The van der Waals surface area contributed by atoms with Gasteiger partial charge in [-0.05, 0) is 34.9 Å². The number of thiophene rings is 1. The Morgan fingerprint density at radius 1 is 1.22 bits per heavy atom. The van der Waals surface area contributed by atoms with Gasteiger partial charge in [0.05, 0.1) is 19.1 Å². The molecule has 1 aromatic carbocycles. The maximum Gasteiger partial charge on any atom is 0.214 e. The van der Waals surface area contributed by atoms with Gasteiger partial charge in [-0.2, -0.15) is 4.80 Å². The van der Waals surface area contributed by atoms with E-state index in [2.05, 4.69) is 15.4 Å². The highest BCUT2D eigenvalue weighted by atomic mass is 32.1. The maximum atomic E-state index is 12.4. The first kappa shape index (κ1) is 15.2. The van der Waals surface area contributed by atoms with Crippen LogP contribution in [-0.4, -0.2) is 40.2 Å². The predicted molar refractivity (Wildman–Crippen MR) is 85.0 cm³/mol. The van der Waals surface area contributed by atoms with Crippen LogP contribution < -0.4 is 9.47 Å². The fraction of sp³-hybridized carbons (Fsp3) is 0.200. The molecule has 2 aromatic heterocycles. The lowest BCUT2D eigenvalue weighted by Crippen LogP contribution is -2.13. The van der Waals surface area contributed by atoms with Gasteiger partial charge in [0.1, 0.15) is 6.54 Å². The number of ketones is 1. The van der Waals surface area contributed by atoms with E-state index in [0.717, 1.165) is 4.88 Å². The minimum Gasteiger partial charge on any atom is -0.493 e. The molecule has 0 aliphatic rings. The van der Waals surface area contributed by atoms with Gasteiger partial charge in [0.25, 0.3) is 0 Å². The molecular weight excluding hydrogens is 316 g/mol. The lowest BCUT2D eigenvalue weighted by molar-refractivity contribution is 0.0961. The van der Waals surface area contributed by atoms with Crippen LogP contribution in [0.1, 0.15) is 10.4 Å². The Morgan fingerprint density at radius 2 is 2.04 bits per heavy atom. The van der Waals surface area contributed by atoms with E-state index in [1.165, 1.54) is 23.2 Å². The van der Waals surface area contributed by atoms with Crippen molar-refractivity contribution in [2.75, 3.05) is 14.2 Å². The SMILES string of the molecule is COc1ccc(C(=O)Cn2nnc(-c3cccs3)n2)cc1OC. The summed E-state index contributed by atoms with van der Waals surface area (Å²) < 4.78 is 10.4. The van der Waals surface area contributed by atoms with Gasteiger partial charge < -0.3 is 9.47 Å². The number of nitrogens with zero attached hydrogens (tertiary/aromatic N) is 4. The van der Waals surface area contributed by atoms with Crippen molar-refractivity contribution < 1.29 is 14.3 Å². The van der Waals surface area contributed by atoms with Crippen LogP contribution in [0, 0.1) is 0 Å². The minimum absolute atomic E-state index is 0.00780. The highest BCUT2D eigenvalue weighted by Gasteiger charge is 2.14. The lowest BCUT2D eigenvalue weighted by Gasteiger charge is -2.08. The quantitative estimate of drug-likeness (QED) is 0.645. The Morgan fingerprint density at radius 3 is 2.74 bits per heavy atom. The number of rotatable bonds is 6. The topological polar surface area (TPSA) is 79.1 Å². The third-order valence-corrected chi connectivity index (χ3v) is 4.05. The Bertz CT molecular complexity index is 814. The van der Waals surface area contributed by atoms with Gasteiger partial charge in [-0.15, -0.1) is 21.5 Å². The maximum absolute atomic E-state index is 12.4. The highest BCUT2D eigenvalue weighted by Crippen LogP contribution is 2.27. The van der Waals surface area contributed by atoms with Crippen LogP contribution in [0.4, 0.5) is 0 Å². The van der Waals surface area contributed by atoms with E-state index in [0.29, 0.717) is 22.9 Å². The molecule has 0 unspecified atom stereocenters. The molecule has 0 N–H and O–H groups in total. The summed E-state index contributed by atoms with van der Waals surface area (Å²) in [7, 11) is 3.07. The molecule has 0 saturated carbocycles. The molecule has 0 aliphatic heterocycles. The van der Waals surface area contributed by atoms with Crippen molar-refractivity contribution in [1.82, 2.24) is 20.2 Å². The molecule has 7 nitrogen and oxygen atoms in total. The first-order valence-electron chi connectivity index (χ1n) is 6.78. The molecule has 2 heterocycles. The van der Waals surface area contributed by atoms with Gasteiger partial charge in [-0.1, -0.05) is 6.07 Å². The van der Waals surface area contributed by atoms with Crippen molar-refractivity contribution in [3.05, 3.63) is 41.3 Å². The molecule has 8 heteroatoms. The van der Waals surface area contributed by atoms with Crippen LogP contribution in [-0.2, 0) is 6.54 Å². The van der Waals surface area contributed by atoms with E-state index < -0.39 is 0 Å². The molecule has 118 valence electrons. The molecule has 3 rings (SSSR count). The van der Waals surface area contributed by atoms with Crippen LogP contribution in [0.15, 0.2) is 35.7 Å². The van der Waals surface area contributed by atoms with Crippen molar-refractivity contribution in [3.8, 4) is 22.2 Å². The second kappa shape index (κ2) is 6.57. The zero-order chi connectivity index (χ0) is 16.2. The number of tetrazole rings is 1. The molecule has 0 atom stereocenters. The molecule has 0 spiro atoms. The molecule has 0 saturated heterocycles. The van der Waals surface area contributed by atoms with Crippen LogP contribution in [0.3, 0.4) is 0 Å². The van der Waals surface area contributed by atoms with E-state index in [4.69, 9.17) is 9.47 Å². The van der Waals surface area contributed by atoms with Gasteiger partial charge in [0, 0.05) is 5.56 Å². The number of hydrogen-bond donors (Lipinski definition) is 0. The summed E-state index contributed by atoms with van der Waals surface area (Å²) in [5.74, 6) is 1.45. The zero-order valence-corrected chi connectivity index (χ0v) is 13.4. The molecule has 0 fully saturated rings. The van der Waals surface area contributed by atoms with Crippen molar-refractivity contribution in [3.63, 3.8) is 0 Å². The normalized spacial score (nSPS) is 10.5. The van der Waals surface area contributed by atoms with Crippen molar-refractivity contribution >= 4 is 17.1 Å². The first-order valence-corrected chi connectivity index (χ1v) is 7.66. The summed E-state index contributed by atoms with van der Waals surface area (Å²) in [6.07, 6.45) is 0. The van der Waals surface area contributed by atoms with Crippen molar-refractivity contribution in [1.29, 1.82) is 0 Å². The standard InChI is InChI=1S/C15H14N4O3S/c1-21-12-6-5-10(8-13(12)22-2)11(20)9-19-17-15(16-18-19)14-4-3-7-23-14/h3-8H,9H2,1-2H3. The summed E-state index contributed by atoms with van der Waals surface area (Å²) in [6, 6.07) is 8.83. The zero-order valence-electron chi connectivity index (χ0n) is 12.6. The van der Waals surface area contributed by atoms with Crippen LogP contribution in [0.25, 0.3) is 10.7 Å². The number of methoxy groups -OCH3 is 2. The van der Waals surface area contributed by atoms with Crippen LogP contribution >= 0.6 is 11.3 Å². The monoisotopic (exact) mass is 330 g/mol. The lowest BCUT2D eigenvalue weighted by atomic mass is 10.1. The second-order valence-corrected chi connectivity index (χ2v) is 5.56. The first-order chi connectivity index (χ1) is 11.2. The second-order valence-electron chi connectivity index (χ2n) is 4.61. The number of carbonyl (C=O) groups is 1. The van der Waals surface area contributed by atoms with Crippen molar-refractivity contribution in [2.45, 2.75) is 6.54 Å². The van der Waals surface area contributed by atoms with E-state index in [-0.39, 0.29) is 12.3 Å². The highest BCUT2D eigenvalue weighted by molar-refractivity contribution is 7.13. The molecular formula is C15H14N4O3S. The van der Waals surface area contributed by atoms with Gasteiger partial charge in [0.15, 0.2) is 17.3 Å². The Labute approximate surface area is 136 Å². The molecule has 0 radical (unpaired) electrons.